The summed E-state index contributed by atoms with van der Waals surface area (Å²) < 4.78 is 13.6. The van der Waals surface area contributed by atoms with Gasteiger partial charge in [0.2, 0.25) is 0 Å². The van der Waals surface area contributed by atoms with Gasteiger partial charge in [-0.3, -0.25) is 13.6 Å². The first-order chi connectivity index (χ1) is 10.5. The third-order valence-corrected chi connectivity index (χ3v) is 5.13. The summed E-state index contributed by atoms with van der Waals surface area (Å²) in [4.78, 5) is 55.1. The van der Waals surface area contributed by atoms with E-state index in [1.54, 1.807) is 0 Å². The number of rotatable bonds is 6. The van der Waals surface area contributed by atoms with E-state index in [4.69, 9.17) is 0 Å². The molecule has 9 N–H and O–H groups in total. The Balaban J connectivity index is 3.23. The summed E-state index contributed by atoms with van der Waals surface area (Å²) >= 11 is 12.6. The summed E-state index contributed by atoms with van der Waals surface area (Å²) in [6.07, 6.45) is -12.2. The Hall–Kier alpha value is 1.47. The van der Waals surface area contributed by atoms with Gasteiger partial charge in [0.1, 0.15) is 36.6 Å². The highest BCUT2D eigenvalue weighted by Gasteiger charge is 2.54. The molecule has 144 valence electrons. The van der Waals surface area contributed by atoms with Gasteiger partial charge in [-0.05, 0) is 35.4 Å². The number of aliphatic hydroxyl groups excluding tert-OH is 3. The van der Waals surface area contributed by atoms with E-state index in [2.05, 4.69) is 49.0 Å². The molecule has 0 bridgehead atoms. The Morgan fingerprint density at radius 2 is 0.667 bits per heavy atom. The largest absolute Gasteiger partial charge is 0.387 e. The van der Waals surface area contributed by atoms with E-state index in [1.807, 2.05) is 0 Å². The Morgan fingerprint density at radius 3 is 0.792 bits per heavy atom. The summed E-state index contributed by atoms with van der Waals surface area (Å²) in [5.41, 5.74) is 0. The first kappa shape index (κ1) is 23.5. The van der Waals surface area contributed by atoms with Gasteiger partial charge in [0, 0.05) is 0 Å². The zero-order valence-electron chi connectivity index (χ0n) is 11.3. The number of hydrogen-bond acceptors (Lipinski definition) is 9. The van der Waals surface area contributed by atoms with Crippen molar-refractivity contribution >= 4 is 55.6 Å². The average Bonchev–Trinajstić information content (AvgIpc) is 2.32. The Bertz CT molecular complexity index is 492. The van der Waals surface area contributed by atoms with E-state index in [-0.39, 0.29) is 0 Å². The van der Waals surface area contributed by atoms with Gasteiger partial charge in [-0.25, -0.2) is 0 Å². The molecule has 0 spiro atoms. The summed E-state index contributed by atoms with van der Waals surface area (Å²) in [7, 11) is 0. The van der Waals surface area contributed by atoms with Crippen molar-refractivity contribution in [1.82, 2.24) is 0 Å². The molecular weight excluding hydrogens is 453 g/mol. The van der Waals surface area contributed by atoms with Crippen molar-refractivity contribution in [3.63, 3.8) is 0 Å². The number of hydrogen-bond donors (Lipinski definition) is 9. The van der Waals surface area contributed by atoms with Crippen LogP contribution in [0, 0.1) is 0 Å². The molecule has 0 aromatic carbocycles. The lowest BCUT2D eigenvalue weighted by molar-refractivity contribution is -0.208. The van der Waals surface area contributed by atoms with Crippen molar-refractivity contribution in [2.45, 2.75) is 36.6 Å². The smallest absolute Gasteiger partial charge is 0.322 e. The molecule has 12 nitrogen and oxygen atoms in total. The van der Waals surface area contributed by atoms with Gasteiger partial charge in [0.05, 0.1) is 0 Å². The van der Waals surface area contributed by atoms with Crippen LogP contribution >= 0.6 is 20.2 Å². The third-order valence-electron chi connectivity index (χ3n) is 2.80. The van der Waals surface area contributed by atoms with Crippen molar-refractivity contribution < 1.29 is 58.3 Å². The fourth-order valence-electron chi connectivity index (χ4n) is 2.02. The van der Waals surface area contributed by atoms with Crippen LogP contribution in [0.4, 0.5) is 0 Å². The van der Waals surface area contributed by atoms with Gasteiger partial charge in [-0.1, -0.05) is 0 Å². The summed E-state index contributed by atoms with van der Waals surface area (Å²) in [5.74, 6) is 0. The molecule has 0 unspecified atom stereocenters. The van der Waals surface area contributed by atoms with Crippen LogP contribution in [0.1, 0.15) is 0 Å². The van der Waals surface area contributed by atoms with Crippen LogP contribution in [0.25, 0.3) is 0 Å². The van der Waals surface area contributed by atoms with E-state index in [0.29, 0.717) is 0 Å². The van der Waals surface area contributed by atoms with Gasteiger partial charge in [0.25, 0.3) is 0 Å². The van der Waals surface area contributed by atoms with E-state index >= 15 is 0 Å². The molecule has 0 saturated heterocycles. The average molecular weight is 468 g/mol. The molecule has 0 radical (unpaired) electrons. The Morgan fingerprint density at radius 1 is 0.500 bits per heavy atom. The van der Waals surface area contributed by atoms with Crippen LogP contribution in [0.2, 0.25) is 0 Å². The highest BCUT2D eigenvalue weighted by Crippen LogP contribution is 2.48. The highest BCUT2D eigenvalue weighted by molar-refractivity contribution is 8.07. The lowest BCUT2D eigenvalue weighted by Gasteiger charge is -2.45. The second kappa shape index (κ2) is 8.23. The SMILES string of the molecule is OC1C(OP(O)(O)=S)C(O)C(OP(O)(O)=S)C(O)C1OP(O)(O)=S. The van der Waals surface area contributed by atoms with Gasteiger partial charge >= 0.3 is 20.2 Å². The second-order valence-electron chi connectivity index (χ2n) is 4.65. The van der Waals surface area contributed by atoms with Crippen LogP contribution in [-0.2, 0) is 49.0 Å². The molecule has 1 aliphatic rings. The molecule has 24 heavy (non-hydrogen) atoms. The van der Waals surface area contributed by atoms with Gasteiger partial charge in [-0.2, -0.15) is 0 Å². The fourth-order valence-corrected chi connectivity index (χ4v) is 4.61. The lowest BCUT2D eigenvalue weighted by atomic mass is 9.85. The molecule has 0 aromatic heterocycles. The molecule has 0 aliphatic heterocycles. The monoisotopic (exact) mass is 468 g/mol. The first-order valence-corrected chi connectivity index (χ1v) is 13.7. The van der Waals surface area contributed by atoms with Gasteiger partial charge in [-0.15, -0.1) is 0 Å². The van der Waals surface area contributed by atoms with Gasteiger partial charge in [0.15, 0.2) is 0 Å². The maximum absolute atomic E-state index is 10.0. The predicted molar refractivity (Wildman–Crippen MR) is 88.8 cm³/mol. The predicted octanol–water partition coefficient (Wildman–Crippen LogP) is -3.13. The van der Waals surface area contributed by atoms with Crippen molar-refractivity contribution in [3.8, 4) is 0 Å². The fraction of sp³-hybridized carbons (Fsp3) is 1.00. The maximum atomic E-state index is 10.0. The molecule has 1 aliphatic carbocycles. The van der Waals surface area contributed by atoms with Crippen molar-refractivity contribution in [2.75, 3.05) is 0 Å². The highest BCUT2D eigenvalue weighted by atomic mass is 32.5. The van der Waals surface area contributed by atoms with Crippen LogP contribution in [0.5, 0.6) is 0 Å². The minimum absolute atomic E-state index is 1.98. The molecule has 1 saturated carbocycles. The van der Waals surface area contributed by atoms with Crippen molar-refractivity contribution in [2.24, 2.45) is 0 Å². The van der Waals surface area contributed by atoms with Crippen LogP contribution in [0.15, 0.2) is 0 Å². The van der Waals surface area contributed by atoms with Gasteiger partial charge < -0.3 is 44.7 Å². The van der Waals surface area contributed by atoms with E-state index in [9.17, 15) is 44.7 Å². The molecule has 0 atom stereocenters. The molecule has 1 fully saturated rings. The quantitative estimate of drug-likeness (QED) is 0.176. The zero-order chi connectivity index (χ0) is 19.1. The summed E-state index contributed by atoms with van der Waals surface area (Å²) in [5, 5.41) is 30.1. The second-order valence-corrected chi connectivity index (χ2v) is 12.5. The molecular formula is C6H15O12P3S3. The molecule has 1 rings (SSSR count). The molecule has 0 amide bonds. The van der Waals surface area contributed by atoms with E-state index in [1.165, 1.54) is 0 Å². The maximum Gasteiger partial charge on any atom is 0.322 e. The van der Waals surface area contributed by atoms with E-state index in [0.717, 1.165) is 0 Å². The molecule has 0 heterocycles. The third kappa shape index (κ3) is 7.24. The molecule has 18 heteroatoms. The zero-order valence-corrected chi connectivity index (χ0v) is 16.4. The van der Waals surface area contributed by atoms with Crippen LogP contribution in [-0.4, -0.2) is 81.3 Å². The Kier molecular flexibility index (Phi) is 8.06. The number of aliphatic hydroxyl groups is 3. The molecule has 0 aromatic rings. The summed E-state index contributed by atoms with van der Waals surface area (Å²) in [6.45, 7) is -13.3. The van der Waals surface area contributed by atoms with Crippen molar-refractivity contribution in [3.05, 3.63) is 0 Å². The first-order valence-electron chi connectivity index (χ1n) is 5.78. The van der Waals surface area contributed by atoms with Crippen molar-refractivity contribution in [1.29, 1.82) is 0 Å². The van der Waals surface area contributed by atoms with Crippen LogP contribution in [0.3, 0.4) is 0 Å². The normalized spacial score (nSPS) is 35.9. The lowest BCUT2D eigenvalue weighted by Crippen LogP contribution is -2.65. The Labute approximate surface area is 150 Å². The minimum Gasteiger partial charge on any atom is -0.387 e. The minimum atomic E-state index is -4.45. The van der Waals surface area contributed by atoms with Crippen LogP contribution < -0.4 is 0 Å². The standard InChI is InChI=1S/C6H15O12P3S3/c7-1-4(16-19(10,11)22)2(8)6(18-21(14,15)24)3(9)5(1)17-20(12,13)23/h1-9H,(H2,10,11,22)(H2,12,13,23)(H2,14,15,24). The summed E-state index contributed by atoms with van der Waals surface area (Å²) in [6, 6.07) is 0. The van der Waals surface area contributed by atoms with E-state index < -0.39 is 56.8 Å². The topological polar surface area (TPSA) is 210 Å².